The van der Waals surface area contributed by atoms with Gasteiger partial charge in [-0.15, -0.1) is 0 Å². The summed E-state index contributed by atoms with van der Waals surface area (Å²) in [5.74, 6) is 0.899. The van der Waals surface area contributed by atoms with E-state index in [4.69, 9.17) is 10.5 Å². The third-order valence-corrected chi connectivity index (χ3v) is 3.28. The van der Waals surface area contributed by atoms with Crippen molar-refractivity contribution in [3.63, 3.8) is 0 Å². The molecular formula is C14H22N2O2. The van der Waals surface area contributed by atoms with Gasteiger partial charge in [-0.05, 0) is 37.1 Å². The number of rotatable bonds is 6. The number of nitrogens with two attached hydrogens (primary N) is 1. The Labute approximate surface area is 108 Å². The number of likely N-dealkylation sites (tertiary alicyclic amines) is 1. The van der Waals surface area contributed by atoms with E-state index in [-0.39, 0.29) is 6.10 Å². The first-order valence-corrected chi connectivity index (χ1v) is 6.60. The molecule has 0 amide bonds. The summed E-state index contributed by atoms with van der Waals surface area (Å²) in [7, 11) is 0. The van der Waals surface area contributed by atoms with Gasteiger partial charge >= 0.3 is 0 Å². The number of ether oxygens (including phenoxy) is 1. The molecule has 1 fully saturated rings. The Morgan fingerprint density at radius 1 is 1.33 bits per heavy atom. The average molecular weight is 250 g/mol. The van der Waals surface area contributed by atoms with Crippen LogP contribution in [0, 0.1) is 0 Å². The SMILES string of the molecule is NCCc1ccc(OCCN2CCC(O)C2)cc1. The fourth-order valence-corrected chi connectivity index (χ4v) is 2.23. The summed E-state index contributed by atoms with van der Waals surface area (Å²) in [4.78, 5) is 2.23. The van der Waals surface area contributed by atoms with Gasteiger partial charge in [-0.1, -0.05) is 12.1 Å². The van der Waals surface area contributed by atoms with Gasteiger partial charge in [0.1, 0.15) is 12.4 Å². The van der Waals surface area contributed by atoms with Gasteiger partial charge in [-0.2, -0.15) is 0 Å². The van der Waals surface area contributed by atoms with E-state index in [0.717, 1.165) is 38.2 Å². The van der Waals surface area contributed by atoms with Gasteiger partial charge in [0.05, 0.1) is 6.10 Å². The van der Waals surface area contributed by atoms with Gasteiger partial charge in [-0.25, -0.2) is 0 Å². The number of hydrogen-bond donors (Lipinski definition) is 2. The minimum Gasteiger partial charge on any atom is -0.492 e. The maximum Gasteiger partial charge on any atom is 0.119 e. The number of aliphatic hydroxyl groups excluding tert-OH is 1. The molecule has 0 radical (unpaired) electrons. The number of hydrogen-bond acceptors (Lipinski definition) is 4. The van der Waals surface area contributed by atoms with Crippen molar-refractivity contribution in [2.75, 3.05) is 32.8 Å². The molecule has 0 aliphatic carbocycles. The molecule has 1 aliphatic heterocycles. The highest BCUT2D eigenvalue weighted by Crippen LogP contribution is 2.13. The van der Waals surface area contributed by atoms with Crippen LogP contribution in [0.1, 0.15) is 12.0 Å². The van der Waals surface area contributed by atoms with E-state index >= 15 is 0 Å². The van der Waals surface area contributed by atoms with Crippen LogP contribution in [0.25, 0.3) is 0 Å². The molecule has 1 aromatic rings. The Morgan fingerprint density at radius 2 is 2.11 bits per heavy atom. The fraction of sp³-hybridized carbons (Fsp3) is 0.571. The Balaban J connectivity index is 1.69. The van der Waals surface area contributed by atoms with Gasteiger partial charge in [-0.3, -0.25) is 4.90 Å². The van der Waals surface area contributed by atoms with Gasteiger partial charge in [0.15, 0.2) is 0 Å². The summed E-state index contributed by atoms with van der Waals surface area (Å²) in [5, 5.41) is 9.40. The summed E-state index contributed by atoms with van der Waals surface area (Å²) in [5.41, 5.74) is 6.75. The lowest BCUT2D eigenvalue weighted by atomic mass is 10.1. The monoisotopic (exact) mass is 250 g/mol. The predicted octanol–water partition coefficient (Wildman–Crippen LogP) is 0.633. The predicted molar refractivity (Wildman–Crippen MR) is 71.8 cm³/mol. The molecule has 1 saturated heterocycles. The van der Waals surface area contributed by atoms with Crippen molar-refractivity contribution in [1.82, 2.24) is 4.90 Å². The summed E-state index contributed by atoms with van der Waals surface area (Å²) in [6.07, 6.45) is 1.64. The second kappa shape index (κ2) is 6.73. The highest BCUT2D eigenvalue weighted by atomic mass is 16.5. The topological polar surface area (TPSA) is 58.7 Å². The first-order chi connectivity index (χ1) is 8.78. The van der Waals surface area contributed by atoms with Crippen molar-refractivity contribution < 1.29 is 9.84 Å². The molecule has 0 aromatic heterocycles. The van der Waals surface area contributed by atoms with Crippen molar-refractivity contribution >= 4 is 0 Å². The van der Waals surface area contributed by atoms with Crippen LogP contribution in [0.5, 0.6) is 5.75 Å². The Bertz CT molecular complexity index is 353. The van der Waals surface area contributed by atoms with Crippen LogP contribution in [-0.2, 0) is 6.42 Å². The minimum atomic E-state index is -0.152. The molecule has 1 heterocycles. The number of benzene rings is 1. The van der Waals surface area contributed by atoms with Gasteiger partial charge < -0.3 is 15.6 Å². The van der Waals surface area contributed by atoms with Crippen LogP contribution >= 0.6 is 0 Å². The quantitative estimate of drug-likeness (QED) is 0.777. The molecular weight excluding hydrogens is 228 g/mol. The molecule has 1 atom stereocenters. The summed E-state index contributed by atoms with van der Waals surface area (Å²) in [6.45, 7) is 3.97. The molecule has 1 unspecified atom stereocenters. The van der Waals surface area contributed by atoms with E-state index in [1.54, 1.807) is 0 Å². The smallest absolute Gasteiger partial charge is 0.119 e. The van der Waals surface area contributed by atoms with Crippen LogP contribution in [0.15, 0.2) is 24.3 Å². The van der Waals surface area contributed by atoms with Crippen molar-refractivity contribution in [2.24, 2.45) is 5.73 Å². The van der Waals surface area contributed by atoms with Crippen molar-refractivity contribution in [1.29, 1.82) is 0 Å². The van der Waals surface area contributed by atoms with E-state index in [1.807, 2.05) is 12.1 Å². The zero-order valence-electron chi connectivity index (χ0n) is 10.7. The normalized spacial score (nSPS) is 20.2. The van der Waals surface area contributed by atoms with Crippen LogP contribution < -0.4 is 10.5 Å². The van der Waals surface area contributed by atoms with Crippen LogP contribution in [0.2, 0.25) is 0 Å². The highest BCUT2D eigenvalue weighted by Gasteiger charge is 2.19. The van der Waals surface area contributed by atoms with E-state index < -0.39 is 0 Å². The molecule has 18 heavy (non-hydrogen) atoms. The summed E-state index contributed by atoms with van der Waals surface area (Å²) >= 11 is 0. The molecule has 0 spiro atoms. The molecule has 2 rings (SSSR count). The fourth-order valence-electron chi connectivity index (χ4n) is 2.23. The van der Waals surface area contributed by atoms with Crippen molar-refractivity contribution in [2.45, 2.75) is 18.9 Å². The van der Waals surface area contributed by atoms with E-state index in [1.165, 1.54) is 5.56 Å². The van der Waals surface area contributed by atoms with E-state index in [9.17, 15) is 5.11 Å². The molecule has 1 aliphatic rings. The summed E-state index contributed by atoms with van der Waals surface area (Å²) in [6, 6.07) is 8.09. The molecule has 4 nitrogen and oxygen atoms in total. The zero-order chi connectivity index (χ0) is 12.8. The first-order valence-electron chi connectivity index (χ1n) is 6.60. The lowest BCUT2D eigenvalue weighted by molar-refractivity contribution is 0.167. The maximum atomic E-state index is 9.40. The molecule has 0 saturated carbocycles. The number of aliphatic hydroxyl groups is 1. The average Bonchev–Trinajstić information content (AvgIpc) is 2.78. The standard InChI is InChI=1S/C14H22N2O2/c15-7-5-12-1-3-14(4-2-12)18-10-9-16-8-6-13(17)11-16/h1-4,13,17H,5-11,15H2. The molecule has 3 N–H and O–H groups in total. The first kappa shape index (κ1) is 13.3. The minimum absolute atomic E-state index is 0.152. The Morgan fingerprint density at radius 3 is 2.72 bits per heavy atom. The van der Waals surface area contributed by atoms with Crippen LogP contribution in [0.3, 0.4) is 0 Å². The third kappa shape index (κ3) is 3.98. The number of β-amino-alcohol motifs (C(OH)–C–C–N with tert-alkyl or cyclic N) is 1. The van der Waals surface area contributed by atoms with Crippen molar-refractivity contribution in [3.05, 3.63) is 29.8 Å². The lowest BCUT2D eigenvalue weighted by Crippen LogP contribution is -2.27. The Hall–Kier alpha value is -1.10. The second-order valence-electron chi connectivity index (χ2n) is 4.77. The molecule has 1 aromatic carbocycles. The second-order valence-corrected chi connectivity index (χ2v) is 4.77. The van der Waals surface area contributed by atoms with Crippen LogP contribution in [0.4, 0.5) is 0 Å². The maximum absolute atomic E-state index is 9.40. The van der Waals surface area contributed by atoms with E-state index in [2.05, 4.69) is 17.0 Å². The molecule has 100 valence electrons. The third-order valence-electron chi connectivity index (χ3n) is 3.28. The number of nitrogens with zero attached hydrogens (tertiary/aromatic N) is 1. The molecule has 4 heteroatoms. The van der Waals surface area contributed by atoms with Gasteiger partial charge in [0.25, 0.3) is 0 Å². The highest BCUT2D eigenvalue weighted by molar-refractivity contribution is 5.27. The van der Waals surface area contributed by atoms with Crippen molar-refractivity contribution in [3.8, 4) is 5.75 Å². The van der Waals surface area contributed by atoms with Gasteiger partial charge in [0, 0.05) is 19.6 Å². The largest absolute Gasteiger partial charge is 0.492 e. The van der Waals surface area contributed by atoms with Crippen LogP contribution in [-0.4, -0.2) is 48.9 Å². The Kier molecular flexibility index (Phi) is 4.99. The summed E-state index contributed by atoms with van der Waals surface area (Å²) < 4.78 is 5.68. The van der Waals surface area contributed by atoms with E-state index in [0.29, 0.717) is 13.2 Å². The zero-order valence-corrected chi connectivity index (χ0v) is 10.7. The lowest BCUT2D eigenvalue weighted by Gasteiger charge is -2.15. The van der Waals surface area contributed by atoms with Gasteiger partial charge in [0.2, 0.25) is 0 Å². The molecule has 0 bridgehead atoms.